The zero-order chi connectivity index (χ0) is 30.8. The standard InChI is InChI=1S/C40H64O3/c1-4-6-8-10-12-14-15-16-17-18-19-21-23-27-37-28-24-25-29-39(37)43-40(41)38-32-30-36(31-33-38)35(3)42-34-26-22-20-13-11-9-7-5-2/h24-25,28-33,35H,4-23,26-27,34H2,1-3H3. The van der Waals surface area contributed by atoms with Gasteiger partial charge < -0.3 is 9.47 Å². The van der Waals surface area contributed by atoms with Crippen molar-refractivity contribution in [1.29, 1.82) is 0 Å². The molecule has 2 aromatic rings. The Balaban J connectivity index is 1.62. The summed E-state index contributed by atoms with van der Waals surface area (Å²) in [5.74, 6) is 0.398. The van der Waals surface area contributed by atoms with Crippen LogP contribution in [0.1, 0.15) is 183 Å². The Morgan fingerprint density at radius 3 is 1.58 bits per heavy atom. The maximum absolute atomic E-state index is 12.9. The third-order valence-corrected chi connectivity index (χ3v) is 8.71. The number of hydrogen-bond donors (Lipinski definition) is 0. The highest BCUT2D eigenvalue weighted by molar-refractivity contribution is 5.91. The van der Waals surface area contributed by atoms with Crippen molar-refractivity contribution < 1.29 is 14.3 Å². The van der Waals surface area contributed by atoms with Crippen molar-refractivity contribution in [3.8, 4) is 5.75 Å². The minimum atomic E-state index is -0.295. The van der Waals surface area contributed by atoms with Crippen LogP contribution in [0.4, 0.5) is 0 Å². The molecule has 0 aromatic heterocycles. The summed E-state index contributed by atoms with van der Waals surface area (Å²) in [5, 5.41) is 0. The Bertz CT molecular complexity index is 935. The Hall–Kier alpha value is -2.13. The molecule has 1 atom stereocenters. The van der Waals surface area contributed by atoms with Gasteiger partial charge in [-0.05, 0) is 55.5 Å². The molecule has 2 rings (SSSR count). The van der Waals surface area contributed by atoms with Gasteiger partial charge in [-0.25, -0.2) is 4.79 Å². The number of benzene rings is 2. The van der Waals surface area contributed by atoms with Gasteiger partial charge in [0.2, 0.25) is 0 Å². The molecule has 0 aliphatic heterocycles. The third kappa shape index (κ3) is 17.7. The number of aryl methyl sites for hydroxylation is 1. The predicted molar refractivity (Wildman–Crippen MR) is 184 cm³/mol. The van der Waals surface area contributed by atoms with E-state index < -0.39 is 0 Å². The van der Waals surface area contributed by atoms with Gasteiger partial charge in [0.05, 0.1) is 11.7 Å². The van der Waals surface area contributed by atoms with Crippen LogP contribution in [-0.2, 0) is 11.2 Å². The van der Waals surface area contributed by atoms with Gasteiger partial charge in [0.15, 0.2) is 0 Å². The first kappa shape index (κ1) is 37.1. The van der Waals surface area contributed by atoms with Crippen LogP contribution in [0.2, 0.25) is 0 Å². The molecule has 0 aliphatic rings. The van der Waals surface area contributed by atoms with Crippen molar-refractivity contribution in [3.63, 3.8) is 0 Å². The second kappa shape index (κ2) is 25.2. The van der Waals surface area contributed by atoms with E-state index in [0.717, 1.165) is 37.0 Å². The van der Waals surface area contributed by atoms with Crippen LogP contribution in [0, 0.1) is 0 Å². The minimum absolute atomic E-state index is 0.0238. The number of ether oxygens (including phenoxy) is 2. The molecule has 0 heterocycles. The largest absolute Gasteiger partial charge is 0.423 e. The van der Waals surface area contributed by atoms with E-state index in [0.29, 0.717) is 11.3 Å². The van der Waals surface area contributed by atoms with Gasteiger partial charge in [-0.2, -0.15) is 0 Å². The molecular weight excluding hydrogens is 528 g/mol. The van der Waals surface area contributed by atoms with Crippen LogP contribution in [0.3, 0.4) is 0 Å². The summed E-state index contributed by atoms with van der Waals surface area (Å²) < 4.78 is 11.9. The van der Waals surface area contributed by atoms with Gasteiger partial charge in [0.1, 0.15) is 5.75 Å². The predicted octanol–water partition coefficient (Wildman–Crippen LogP) is 12.8. The molecule has 0 saturated heterocycles. The number of esters is 1. The number of hydrogen-bond acceptors (Lipinski definition) is 3. The Kier molecular flexibility index (Phi) is 21.7. The summed E-state index contributed by atoms with van der Waals surface area (Å²) in [6.45, 7) is 7.42. The first-order chi connectivity index (χ1) is 21.2. The molecule has 43 heavy (non-hydrogen) atoms. The molecular formula is C40H64O3. The van der Waals surface area contributed by atoms with Crippen LogP contribution >= 0.6 is 0 Å². The summed E-state index contributed by atoms with van der Waals surface area (Å²) in [4.78, 5) is 12.9. The zero-order valence-corrected chi connectivity index (χ0v) is 28.2. The summed E-state index contributed by atoms with van der Waals surface area (Å²) >= 11 is 0. The molecule has 0 radical (unpaired) electrons. The first-order valence-corrected chi connectivity index (χ1v) is 18.2. The molecule has 0 bridgehead atoms. The SMILES string of the molecule is CCCCCCCCCCCCCCCc1ccccc1OC(=O)c1ccc(C(C)OCCCCCCCCCC)cc1. The van der Waals surface area contributed by atoms with Crippen molar-refractivity contribution >= 4 is 5.97 Å². The average Bonchev–Trinajstić information content (AvgIpc) is 3.03. The maximum atomic E-state index is 12.9. The lowest BCUT2D eigenvalue weighted by Gasteiger charge is -2.14. The monoisotopic (exact) mass is 592 g/mol. The highest BCUT2D eigenvalue weighted by Gasteiger charge is 2.13. The molecule has 0 aliphatic carbocycles. The molecule has 0 amide bonds. The van der Waals surface area contributed by atoms with Gasteiger partial charge >= 0.3 is 5.97 Å². The van der Waals surface area contributed by atoms with Crippen molar-refractivity contribution in [1.82, 2.24) is 0 Å². The van der Waals surface area contributed by atoms with Gasteiger partial charge in [-0.3, -0.25) is 0 Å². The van der Waals surface area contributed by atoms with Crippen molar-refractivity contribution in [2.75, 3.05) is 6.61 Å². The van der Waals surface area contributed by atoms with E-state index in [1.807, 2.05) is 42.5 Å². The van der Waals surface area contributed by atoms with Crippen molar-refractivity contribution in [2.45, 2.75) is 168 Å². The van der Waals surface area contributed by atoms with E-state index in [1.165, 1.54) is 122 Å². The zero-order valence-electron chi connectivity index (χ0n) is 28.2. The number of unbranched alkanes of at least 4 members (excludes halogenated alkanes) is 19. The molecule has 3 nitrogen and oxygen atoms in total. The molecule has 0 saturated carbocycles. The van der Waals surface area contributed by atoms with Gasteiger partial charge in [0, 0.05) is 6.61 Å². The van der Waals surface area contributed by atoms with E-state index in [2.05, 4.69) is 26.8 Å². The lowest BCUT2D eigenvalue weighted by molar-refractivity contribution is 0.0626. The van der Waals surface area contributed by atoms with E-state index in [1.54, 1.807) is 0 Å². The van der Waals surface area contributed by atoms with E-state index >= 15 is 0 Å². The fourth-order valence-corrected chi connectivity index (χ4v) is 5.78. The maximum Gasteiger partial charge on any atom is 0.343 e. The molecule has 1 unspecified atom stereocenters. The van der Waals surface area contributed by atoms with Gasteiger partial charge in [-0.15, -0.1) is 0 Å². The highest BCUT2D eigenvalue weighted by atomic mass is 16.5. The minimum Gasteiger partial charge on any atom is -0.423 e. The van der Waals surface area contributed by atoms with Crippen molar-refractivity contribution in [3.05, 3.63) is 65.2 Å². The molecule has 242 valence electrons. The Labute approximate surface area is 265 Å². The van der Waals surface area contributed by atoms with E-state index in [4.69, 9.17) is 9.47 Å². The summed E-state index contributed by atoms with van der Waals surface area (Å²) in [6, 6.07) is 15.7. The number of carbonyl (C=O) groups excluding carboxylic acids is 1. The van der Waals surface area contributed by atoms with Crippen LogP contribution < -0.4 is 4.74 Å². The normalized spacial score (nSPS) is 12.0. The summed E-state index contributed by atoms with van der Waals surface area (Å²) in [7, 11) is 0. The molecule has 0 fully saturated rings. The Morgan fingerprint density at radius 1 is 0.581 bits per heavy atom. The van der Waals surface area contributed by atoms with Crippen LogP contribution in [0.5, 0.6) is 5.75 Å². The fraction of sp³-hybridized carbons (Fsp3) is 0.675. The second-order valence-electron chi connectivity index (χ2n) is 12.6. The van der Waals surface area contributed by atoms with Crippen LogP contribution in [0.25, 0.3) is 0 Å². The Morgan fingerprint density at radius 2 is 1.05 bits per heavy atom. The number of para-hydroxylation sites is 1. The smallest absolute Gasteiger partial charge is 0.343 e. The number of carbonyl (C=O) groups is 1. The van der Waals surface area contributed by atoms with E-state index in [-0.39, 0.29) is 12.1 Å². The number of rotatable bonds is 27. The third-order valence-electron chi connectivity index (χ3n) is 8.71. The fourth-order valence-electron chi connectivity index (χ4n) is 5.78. The summed E-state index contributed by atoms with van der Waals surface area (Å²) in [5.41, 5.74) is 2.80. The first-order valence-electron chi connectivity index (χ1n) is 18.2. The quantitative estimate of drug-likeness (QED) is 0.0588. The van der Waals surface area contributed by atoms with E-state index in [9.17, 15) is 4.79 Å². The molecule has 2 aromatic carbocycles. The molecule has 3 heteroatoms. The average molecular weight is 593 g/mol. The van der Waals surface area contributed by atoms with Crippen molar-refractivity contribution in [2.24, 2.45) is 0 Å². The van der Waals surface area contributed by atoms with Gasteiger partial charge in [-0.1, -0.05) is 166 Å². The summed E-state index contributed by atoms with van der Waals surface area (Å²) in [6.07, 6.45) is 29.0. The second-order valence-corrected chi connectivity index (χ2v) is 12.6. The van der Waals surface area contributed by atoms with Crippen LogP contribution in [-0.4, -0.2) is 12.6 Å². The topological polar surface area (TPSA) is 35.5 Å². The van der Waals surface area contributed by atoms with Gasteiger partial charge in [0.25, 0.3) is 0 Å². The van der Waals surface area contributed by atoms with Crippen LogP contribution in [0.15, 0.2) is 48.5 Å². The molecule has 0 spiro atoms. The lowest BCUT2D eigenvalue weighted by Crippen LogP contribution is -2.10. The lowest BCUT2D eigenvalue weighted by atomic mass is 10.0. The highest BCUT2D eigenvalue weighted by Crippen LogP contribution is 2.24. The molecule has 0 N–H and O–H groups in total.